The number of thioether (sulfide) groups is 1. The third-order valence-corrected chi connectivity index (χ3v) is 17.7. The number of aliphatic hydroxyl groups is 3. The highest BCUT2D eigenvalue weighted by atomic mass is 32.2. The standard InChI is InChI=1S/C62H82N14O16S/c1-8-31(4)52-58(89)65-26-48(82)69-43-29-93-61-39(38-11-9-10-12-40(38)72-61)22-41(55(86)64-24-32(5)66-52)70-60(91)53(33(6)45(79)28-77)74-57(88)44-21-37(78)27-76(44)62(92)42(71-56(43)87)23-47(81)63-25-35-13-15-36(16-14-35)68-54(85)34(7)67-59(90)51(30(2)3)73-46(80)19-20-75-49(83)17-18-50(75)84/h9-18,30-31,33-34,37,41-45,51-53,66,72,77-79H,5,8,19-29H2,1-4,6-7H3,(H,63,81)(H,64,86)(H,65,89)(H,67,90)(H,68,85)(H,69,82)(H,70,91)(H,71,87)(H,73,80)(H,74,88)/t31-,33-,34-,37+,41-,42-,43?,44-,45-,51?,52-,53-/m0/s1. The zero-order valence-electron chi connectivity index (χ0n) is 52.4. The van der Waals surface area contributed by atoms with Gasteiger partial charge in [-0.25, -0.2) is 0 Å². The summed E-state index contributed by atoms with van der Waals surface area (Å²) in [5.41, 5.74) is 1.99. The number of rotatable bonds is 18. The highest BCUT2D eigenvalue weighted by Gasteiger charge is 2.45. The summed E-state index contributed by atoms with van der Waals surface area (Å²) in [4.78, 5) is 184. The second-order valence-electron chi connectivity index (χ2n) is 23.9. The van der Waals surface area contributed by atoms with E-state index in [1.807, 2.05) is 6.92 Å². The first-order valence-electron chi connectivity index (χ1n) is 30.7. The van der Waals surface area contributed by atoms with Gasteiger partial charge < -0.3 is 83.7 Å². The SMILES string of the molecule is C=C1CNC(=O)[C@@H]2Cc3c([nH]c4ccccc34)SCC(NC(=O)CNC(=O)[C@H]([C@@H](C)CC)N1)C(=O)N[C@@H](CC(=O)NCc1ccc(NC(=O)[C@H](C)NC(=O)C(NC(=O)CCN3C(=O)C=CC3=O)C(C)C)cc1)C(=O)N1C[C@H](O)C[C@H]1C(=O)N[C@@H]([C@@H](C)[C@@H](O)CO)C(=O)N2. The Morgan fingerprint density at radius 3 is 2.12 bits per heavy atom. The molecule has 7 rings (SSSR count). The number of hydrogen-bond acceptors (Lipinski definition) is 18. The van der Waals surface area contributed by atoms with Crippen LogP contribution in [0.3, 0.4) is 0 Å². The Kier molecular flexibility index (Phi) is 24.8. The van der Waals surface area contributed by atoms with Crippen molar-refractivity contribution < 1.29 is 77.6 Å². The van der Waals surface area contributed by atoms with Crippen molar-refractivity contribution in [1.82, 2.24) is 68.0 Å². The van der Waals surface area contributed by atoms with Crippen LogP contribution in [0.4, 0.5) is 5.69 Å². The number of para-hydroxylation sites is 1. The molecule has 1 fully saturated rings. The van der Waals surface area contributed by atoms with E-state index in [1.54, 1.807) is 57.2 Å². The average Bonchev–Trinajstić information content (AvgIpc) is 1.69. The van der Waals surface area contributed by atoms with Crippen molar-refractivity contribution in [3.63, 3.8) is 0 Å². The highest BCUT2D eigenvalue weighted by Crippen LogP contribution is 2.32. The van der Waals surface area contributed by atoms with Gasteiger partial charge in [0.05, 0.1) is 43.4 Å². The molecule has 12 atom stereocenters. The van der Waals surface area contributed by atoms with E-state index in [-0.39, 0.29) is 55.5 Å². The number of nitrogens with zero attached hydrogens (tertiary/aromatic N) is 2. The molecule has 15 N–H and O–H groups in total. The van der Waals surface area contributed by atoms with Gasteiger partial charge in [0.1, 0.15) is 48.3 Å². The number of nitrogens with one attached hydrogen (secondary N) is 12. The summed E-state index contributed by atoms with van der Waals surface area (Å²) in [6, 6.07) is 1.87. The van der Waals surface area contributed by atoms with Crippen LogP contribution in [0.2, 0.25) is 0 Å². The minimum Gasteiger partial charge on any atom is -0.394 e. The second-order valence-corrected chi connectivity index (χ2v) is 24.9. The molecule has 0 aliphatic carbocycles. The fourth-order valence-corrected chi connectivity index (χ4v) is 11.9. The molecular formula is C62H82N14O16S. The van der Waals surface area contributed by atoms with Crippen LogP contribution >= 0.6 is 11.8 Å². The van der Waals surface area contributed by atoms with Gasteiger partial charge in [0.2, 0.25) is 65.0 Å². The summed E-state index contributed by atoms with van der Waals surface area (Å²) < 4.78 is 0. The van der Waals surface area contributed by atoms with Gasteiger partial charge in [-0.1, -0.05) is 78.0 Å². The molecule has 5 heterocycles. The number of hydrogen-bond donors (Lipinski definition) is 15. The average molecular weight is 1310 g/mol. The predicted octanol–water partition coefficient (Wildman–Crippen LogP) is -2.92. The first-order chi connectivity index (χ1) is 44.2. The molecule has 2 unspecified atom stereocenters. The maximum atomic E-state index is 15.0. The number of aromatic nitrogens is 1. The fourth-order valence-electron chi connectivity index (χ4n) is 10.8. The van der Waals surface area contributed by atoms with Gasteiger partial charge in [-0.3, -0.25) is 67.2 Å². The zero-order chi connectivity index (χ0) is 68.0. The number of aromatic amines is 1. The monoisotopic (exact) mass is 1310 g/mol. The Morgan fingerprint density at radius 2 is 1.44 bits per heavy atom. The van der Waals surface area contributed by atoms with Crippen LogP contribution in [0, 0.1) is 17.8 Å². The van der Waals surface area contributed by atoms with Crippen molar-refractivity contribution in [2.45, 2.75) is 146 Å². The fraction of sp³-hybridized carbons (Fsp3) is 0.500. The number of anilines is 1. The molecular weight excluding hydrogens is 1230 g/mol. The number of H-pyrrole nitrogens is 1. The van der Waals surface area contributed by atoms with Crippen LogP contribution in [0.15, 0.2) is 78.0 Å². The minimum atomic E-state index is -1.82. The molecule has 1 aromatic heterocycles. The van der Waals surface area contributed by atoms with Crippen LogP contribution in [0.25, 0.3) is 10.9 Å². The maximum Gasteiger partial charge on any atom is 0.253 e. The first-order valence-corrected chi connectivity index (χ1v) is 31.6. The van der Waals surface area contributed by atoms with E-state index in [0.29, 0.717) is 33.5 Å². The van der Waals surface area contributed by atoms with E-state index in [1.165, 1.54) is 26.0 Å². The number of carbonyl (C=O) groups is 13. The minimum absolute atomic E-state index is 0.176. The lowest BCUT2D eigenvalue weighted by molar-refractivity contribution is -0.144. The Labute approximate surface area is 540 Å². The molecule has 1 saturated heterocycles. The third kappa shape index (κ3) is 18.7. The van der Waals surface area contributed by atoms with E-state index in [0.717, 1.165) is 33.7 Å². The highest BCUT2D eigenvalue weighted by molar-refractivity contribution is 7.99. The van der Waals surface area contributed by atoms with Crippen molar-refractivity contribution in [3.8, 4) is 0 Å². The molecule has 2 aromatic carbocycles. The Morgan fingerprint density at radius 1 is 0.753 bits per heavy atom. The molecule has 3 aromatic rings. The molecule has 13 amide bonds. The molecule has 4 aliphatic rings. The van der Waals surface area contributed by atoms with Gasteiger partial charge in [-0.2, -0.15) is 0 Å². The smallest absolute Gasteiger partial charge is 0.253 e. The van der Waals surface area contributed by atoms with E-state index in [2.05, 4.69) is 70.0 Å². The summed E-state index contributed by atoms with van der Waals surface area (Å²) in [7, 11) is 0. The van der Waals surface area contributed by atoms with Gasteiger partial charge in [0, 0.05) is 85.0 Å². The quantitative estimate of drug-likeness (QED) is 0.0567. The van der Waals surface area contributed by atoms with Crippen molar-refractivity contribution in [2.24, 2.45) is 17.8 Å². The van der Waals surface area contributed by atoms with E-state index in [4.69, 9.17) is 0 Å². The van der Waals surface area contributed by atoms with Crippen LogP contribution in [-0.4, -0.2) is 206 Å². The zero-order valence-corrected chi connectivity index (χ0v) is 53.2. The topological polar surface area (TPSA) is 437 Å². The number of amides is 13. The summed E-state index contributed by atoms with van der Waals surface area (Å²) in [5, 5.41) is 62.7. The summed E-state index contributed by atoms with van der Waals surface area (Å²) in [6.45, 7) is 11.2. The molecule has 4 aliphatic heterocycles. The van der Waals surface area contributed by atoms with E-state index in [9.17, 15) is 72.9 Å². The molecule has 30 nitrogen and oxygen atoms in total. The van der Waals surface area contributed by atoms with E-state index < -0.39 is 182 Å². The summed E-state index contributed by atoms with van der Waals surface area (Å²) >= 11 is 1.03. The number of aliphatic hydroxyl groups excluding tert-OH is 3. The van der Waals surface area contributed by atoms with Crippen LogP contribution in [0.1, 0.15) is 78.4 Å². The van der Waals surface area contributed by atoms with Gasteiger partial charge in [0.15, 0.2) is 0 Å². The molecule has 0 radical (unpaired) electrons. The number of imide groups is 1. The van der Waals surface area contributed by atoms with Crippen molar-refractivity contribution in [2.75, 3.05) is 43.9 Å². The van der Waals surface area contributed by atoms with Gasteiger partial charge in [-0.15, -0.1) is 11.8 Å². The first kappa shape index (κ1) is 71.2. The van der Waals surface area contributed by atoms with Crippen molar-refractivity contribution >= 4 is 105 Å². The molecule has 31 heteroatoms. The molecule has 0 spiro atoms. The lowest BCUT2D eigenvalue weighted by atomic mass is 9.93. The Balaban J connectivity index is 1.14. The Bertz CT molecular complexity index is 3380. The maximum absolute atomic E-state index is 15.0. The molecule has 93 heavy (non-hydrogen) atoms. The van der Waals surface area contributed by atoms with Crippen LogP contribution < -0.4 is 58.5 Å². The van der Waals surface area contributed by atoms with Crippen LogP contribution in [0.5, 0.6) is 0 Å². The summed E-state index contributed by atoms with van der Waals surface area (Å²) in [5.74, 6) is -12.4. The van der Waals surface area contributed by atoms with E-state index >= 15 is 4.79 Å². The van der Waals surface area contributed by atoms with Gasteiger partial charge >= 0.3 is 0 Å². The molecule has 502 valence electrons. The molecule has 0 saturated carbocycles. The van der Waals surface area contributed by atoms with Crippen LogP contribution in [-0.2, 0) is 75.3 Å². The predicted molar refractivity (Wildman–Crippen MR) is 337 cm³/mol. The lowest BCUT2D eigenvalue weighted by Crippen LogP contribution is -2.61. The van der Waals surface area contributed by atoms with Crippen molar-refractivity contribution in [3.05, 3.63) is 84.1 Å². The second kappa shape index (κ2) is 32.4. The van der Waals surface area contributed by atoms with Gasteiger partial charge in [-0.05, 0) is 48.1 Å². The van der Waals surface area contributed by atoms with Gasteiger partial charge in [0.25, 0.3) is 11.8 Å². The number of fused-ring (bicyclic) bond motifs is 5. The summed E-state index contributed by atoms with van der Waals surface area (Å²) in [6.07, 6.45) is -2.00. The number of carbonyl (C=O) groups excluding carboxylic acids is 13. The number of benzene rings is 2. The Hall–Kier alpha value is -9.20. The third-order valence-electron chi connectivity index (χ3n) is 16.6. The largest absolute Gasteiger partial charge is 0.394 e. The normalized spacial score (nSPS) is 23.7. The van der Waals surface area contributed by atoms with Crippen molar-refractivity contribution in [1.29, 1.82) is 0 Å². The lowest BCUT2D eigenvalue weighted by Gasteiger charge is -2.33. The molecule has 2 bridgehead atoms.